The quantitative estimate of drug-likeness (QED) is 0.434. The van der Waals surface area contributed by atoms with E-state index >= 15 is 0 Å². The van der Waals surface area contributed by atoms with Gasteiger partial charge in [0, 0.05) is 13.1 Å². The second-order valence-corrected chi connectivity index (χ2v) is 3.33. The third-order valence-corrected chi connectivity index (χ3v) is 2.24. The van der Waals surface area contributed by atoms with Crippen LogP contribution in [-0.4, -0.2) is 13.1 Å². The Balaban J connectivity index is 3.26. The van der Waals surface area contributed by atoms with Gasteiger partial charge < -0.3 is 0 Å². The summed E-state index contributed by atoms with van der Waals surface area (Å²) in [6, 6.07) is 0. The van der Waals surface area contributed by atoms with Gasteiger partial charge in [-0.3, -0.25) is 10.9 Å². The third kappa shape index (κ3) is 6.62. The molecule has 2 nitrogen and oxygen atoms in total. The van der Waals surface area contributed by atoms with Crippen molar-refractivity contribution in [2.45, 2.75) is 46.5 Å². The lowest BCUT2D eigenvalue weighted by Crippen LogP contribution is -2.35. The zero-order valence-electron chi connectivity index (χ0n) is 8.82. The first kappa shape index (κ1) is 11.9. The highest BCUT2D eigenvalue weighted by molar-refractivity contribution is 4.58. The van der Waals surface area contributed by atoms with Gasteiger partial charge >= 0.3 is 0 Å². The molecule has 0 rings (SSSR count). The number of unbranched alkanes of at least 4 members (excludes halogenated alkanes) is 1. The van der Waals surface area contributed by atoms with Crippen molar-refractivity contribution < 1.29 is 0 Å². The molecular weight excluding hydrogens is 148 g/mol. The van der Waals surface area contributed by atoms with Gasteiger partial charge in [0.2, 0.25) is 0 Å². The van der Waals surface area contributed by atoms with Gasteiger partial charge in [0.15, 0.2) is 0 Å². The Morgan fingerprint density at radius 2 is 1.83 bits per heavy atom. The first-order valence-corrected chi connectivity index (χ1v) is 5.30. The first-order valence-electron chi connectivity index (χ1n) is 5.30. The van der Waals surface area contributed by atoms with Crippen molar-refractivity contribution in [1.29, 1.82) is 0 Å². The second kappa shape index (κ2) is 9.01. The SMILES string of the molecule is CCCCC(CC)CNNCC. The van der Waals surface area contributed by atoms with Crippen LogP contribution in [0.25, 0.3) is 0 Å². The molecule has 0 aliphatic heterocycles. The van der Waals surface area contributed by atoms with Gasteiger partial charge in [0.25, 0.3) is 0 Å². The standard InChI is InChI=1S/C10H24N2/c1-4-7-8-10(5-2)9-12-11-6-3/h10-12H,4-9H2,1-3H3. The molecule has 0 amide bonds. The summed E-state index contributed by atoms with van der Waals surface area (Å²) in [5, 5.41) is 0. The van der Waals surface area contributed by atoms with E-state index in [0.29, 0.717) is 0 Å². The summed E-state index contributed by atoms with van der Waals surface area (Å²) in [6.07, 6.45) is 5.34. The van der Waals surface area contributed by atoms with Crippen LogP contribution in [-0.2, 0) is 0 Å². The summed E-state index contributed by atoms with van der Waals surface area (Å²) >= 11 is 0. The number of hydrogen-bond acceptors (Lipinski definition) is 2. The maximum atomic E-state index is 3.24. The van der Waals surface area contributed by atoms with Crippen LogP contribution in [0.4, 0.5) is 0 Å². The summed E-state index contributed by atoms with van der Waals surface area (Å²) in [5.74, 6) is 0.851. The van der Waals surface area contributed by atoms with Crippen LogP contribution in [0.3, 0.4) is 0 Å². The van der Waals surface area contributed by atoms with E-state index < -0.39 is 0 Å². The molecule has 2 N–H and O–H groups in total. The van der Waals surface area contributed by atoms with E-state index in [-0.39, 0.29) is 0 Å². The molecule has 0 saturated heterocycles. The molecule has 0 aromatic carbocycles. The van der Waals surface area contributed by atoms with Crippen molar-refractivity contribution in [1.82, 2.24) is 10.9 Å². The normalized spacial score (nSPS) is 13.2. The average molecular weight is 172 g/mol. The molecule has 2 heteroatoms. The van der Waals surface area contributed by atoms with Crippen molar-refractivity contribution in [3.63, 3.8) is 0 Å². The van der Waals surface area contributed by atoms with Gasteiger partial charge in [-0.1, -0.05) is 40.0 Å². The molecular formula is C10H24N2. The van der Waals surface area contributed by atoms with Crippen LogP contribution in [0.1, 0.15) is 46.5 Å². The van der Waals surface area contributed by atoms with Gasteiger partial charge in [0.05, 0.1) is 0 Å². The maximum Gasteiger partial charge on any atom is 0.0128 e. The highest BCUT2D eigenvalue weighted by Gasteiger charge is 2.03. The van der Waals surface area contributed by atoms with Gasteiger partial charge in [-0.2, -0.15) is 0 Å². The molecule has 12 heavy (non-hydrogen) atoms. The van der Waals surface area contributed by atoms with Crippen molar-refractivity contribution in [3.8, 4) is 0 Å². The molecule has 1 unspecified atom stereocenters. The Hall–Kier alpha value is -0.0800. The minimum Gasteiger partial charge on any atom is -0.258 e. The van der Waals surface area contributed by atoms with E-state index in [4.69, 9.17) is 0 Å². The van der Waals surface area contributed by atoms with Gasteiger partial charge in [-0.05, 0) is 12.3 Å². The predicted molar refractivity (Wildman–Crippen MR) is 55.0 cm³/mol. The molecule has 0 heterocycles. The summed E-state index contributed by atoms with van der Waals surface area (Å²) in [4.78, 5) is 0. The smallest absolute Gasteiger partial charge is 0.0128 e. The molecule has 0 radical (unpaired) electrons. The fraction of sp³-hybridized carbons (Fsp3) is 1.00. The molecule has 1 atom stereocenters. The monoisotopic (exact) mass is 172 g/mol. The molecule has 0 aromatic heterocycles. The summed E-state index contributed by atoms with van der Waals surface area (Å²) in [5.41, 5.74) is 6.38. The van der Waals surface area contributed by atoms with Gasteiger partial charge in [-0.15, -0.1) is 0 Å². The zero-order chi connectivity index (χ0) is 9.23. The molecule has 0 spiro atoms. The van der Waals surface area contributed by atoms with E-state index in [1.54, 1.807) is 0 Å². The van der Waals surface area contributed by atoms with E-state index in [9.17, 15) is 0 Å². The lowest BCUT2D eigenvalue weighted by atomic mass is 10.00. The van der Waals surface area contributed by atoms with Crippen LogP contribution in [0.15, 0.2) is 0 Å². The lowest BCUT2D eigenvalue weighted by molar-refractivity contribution is 0.391. The minimum atomic E-state index is 0.851. The van der Waals surface area contributed by atoms with E-state index in [2.05, 4.69) is 31.6 Å². The Kier molecular flexibility index (Phi) is 8.95. The summed E-state index contributed by atoms with van der Waals surface area (Å²) in [6.45, 7) is 8.76. The van der Waals surface area contributed by atoms with Gasteiger partial charge in [-0.25, -0.2) is 0 Å². The van der Waals surface area contributed by atoms with Crippen LogP contribution < -0.4 is 10.9 Å². The first-order chi connectivity index (χ1) is 5.85. The fourth-order valence-corrected chi connectivity index (χ4v) is 1.28. The van der Waals surface area contributed by atoms with Crippen LogP contribution in [0, 0.1) is 5.92 Å². The van der Waals surface area contributed by atoms with Crippen molar-refractivity contribution in [2.24, 2.45) is 5.92 Å². The molecule has 0 aliphatic rings. The number of hydrogen-bond donors (Lipinski definition) is 2. The maximum absolute atomic E-state index is 3.24. The van der Waals surface area contributed by atoms with Crippen LogP contribution in [0.2, 0.25) is 0 Å². The lowest BCUT2D eigenvalue weighted by Gasteiger charge is -2.14. The molecule has 0 fully saturated rings. The zero-order valence-corrected chi connectivity index (χ0v) is 8.82. The topological polar surface area (TPSA) is 24.1 Å². The molecule has 0 aromatic rings. The molecule has 0 aliphatic carbocycles. The van der Waals surface area contributed by atoms with Gasteiger partial charge in [0.1, 0.15) is 0 Å². The number of nitrogens with one attached hydrogen (secondary N) is 2. The highest BCUT2D eigenvalue weighted by Crippen LogP contribution is 2.10. The van der Waals surface area contributed by atoms with E-state index in [0.717, 1.165) is 19.0 Å². The summed E-state index contributed by atoms with van der Waals surface area (Å²) < 4.78 is 0. The molecule has 0 bridgehead atoms. The van der Waals surface area contributed by atoms with Crippen molar-refractivity contribution in [3.05, 3.63) is 0 Å². The molecule has 0 saturated carbocycles. The van der Waals surface area contributed by atoms with E-state index in [1.165, 1.54) is 25.7 Å². The Morgan fingerprint density at radius 1 is 1.08 bits per heavy atom. The fourth-order valence-electron chi connectivity index (χ4n) is 1.28. The van der Waals surface area contributed by atoms with Crippen LogP contribution >= 0.6 is 0 Å². The Morgan fingerprint density at radius 3 is 2.33 bits per heavy atom. The minimum absolute atomic E-state index is 0.851. The second-order valence-electron chi connectivity index (χ2n) is 3.33. The molecule has 74 valence electrons. The van der Waals surface area contributed by atoms with Crippen LogP contribution in [0.5, 0.6) is 0 Å². The number of rotatable bonds is 8. The van der Waals surface area contributed by atoms with E-state index in [1.807, 2.05) is 0 Å². The Bertz CT molecular complexity index is 83.9. The average Bonchev–Trinajstić information content (AvgIpc) is 2.11. The van der Waals surface area contributed by atoms with Crippen molar-refractivity contribution >= 4 is 0 Å². The van der Waals surface area contributed by atoms with Crippen molar-refractivity contribution in [2.75, 3.05) is 13.1 Å². The highest BCUT2D eigenvalue weighted by atomic mass is 15.3. The Labute approximate surface area is 77.1 Å². The largest absolute Gasteiger partial charge is 0.258 e. The predicted octanol–water partition coefficient (Wildman–Crippen LogP) is 2.32. The third-order valence-electron chi connectivity index (χ3n) is 2.24. The summed E-state index contributed by atoms with van der Waals surface area (Å²) in [7, 11) is 0. The number of hydrazine groups is 1.